The molecule has 18 heavy (non-hydrogen) atoms. The Kier molecular flexibility index (Phi) is 4.61. The van der Waals surface area contributed by atoms with Gasteiger partial charge in [0.05, 0.1) is 0 Å². The smallest absolute Gasteiger partial charge is 0.217 e. The summed E-state index contributed by atoms with van der Waals surface area (Å²) < 4.78 is 0. The van der Waals surface area contributed by atoms with Crippen molar-refractivity contribution in [3.8, 4) is 0 Å². The van der Waals surface area contributed by atoms with Crippen LogP contribution in [0.2, 0.25) is 5.02 Å². The Morgan fingerprint density at radius 1 is 1.39 bits per heavy atom. The van der Waals surface area contributed by atoms with E-state index in [-0.39, 0.29) is 5.91 Å². The molecule has 0 radical (unpaired) electrons. The Labute approximate surface area is 113 Å². The molecule has 1 amide bonds. The van der Waals surface area contributed by atoms with Crippen LogP contribution in [-0.4, -0.2) is 18.5 Å². The minimum atomic E-state index is -0.223. The minimum absolute atomic E-state index is 0.223. The summed E-state index contributed by atoms with van der Waals surface area (Å²) in [5, 5.41) is 4.31. The van der Waals surface area contributed by atoms with E-state index in [2.05, 4.69) is 11.4 Å². The molecule has 1 aliphatic rings. The largest absolute Gasteiger partial charge is 0.370 e. The number of halogens is 1. The van der Waals surface area contributed by atoms with E-state index in [1.807, 2.05) is 18.2 Å². The van der Waals surface area contributed by atoms with Crippen LogP contribution >= 0.6 is 11.6 Å². The molecule has 2 rings (SSSR count). The highest BCUT2D eigenvalue weighted by Crippen LogP contribution is 2.39. The summed E-state index contributed by atoms with van der Waals surface area (Å²) in [7, 11) is 0. The van der Waals surface area contributed by atoms with E-state index in [9.17, 15) is 4.79 Å². The van der Waals surface area contributed by atoms with Gasteiger partial charge in [0.1, 0.15) is 0 Å². The summed E-state index contributed by atoms with van der Waals surface area (Å²) in [6, 6.07) is 8.61. The third-order valence-corrected chi connectivity index (χ3v) is 3.86. The Morgan fingerprint density at radius 3 is 2.78 bits per heavy atom. The molecule has 0 bridgehead atoms. The van der Waals surface area contributed by atoms with Crippen molar-refractivity contribution in [1.29, 1.82) is 0 Å². The average molecular weight is 267 g/mol. The predicted octanol–water partition coefficient (Wildman–Crippen LogP) is 2.44. The van der Waals surface area contributed by atoms with Gasteiger partial charge in [-0.3, -0.25) is 4.79 Å². The topological polar surface area (TPSA) is 55.1 Å². The molecule has 0 atom stereocenters. The second-order valence-corrected chi connectivity index (χ2v) is 5.32. The highest BCUT2D eigenvalue weighted by Gasteiger charge is 2.30. The zero-order valence-electron chi connectivity index (χ0n) is 10.4. The first-order valence-electron chi connectivity index (χ1n) is 6.43. The SMILES string of the molecule is NC(=O)CCCNC1CC(c2ccccc2Cl)C1. The Balaban J connectivity index is 1.68. The molecule has 0 heterocycles. The molecule has 98 valence electrons. The van der Waals surface area contributed by atoms with Crippen molar-refractivity contribution in [1.82, 2.24) is 5.32 Å². The van der Waals surface area contributed by atoms with Crippen molar-refractivity contribution in [3.05, 3.63) is 34.9 Å². The lowest BCUT2D eigenvalue weighted by Gasteiger charge is -2.36. The van der Waals surface area contributed by atoms with E-state index in [1.54, 1.807) is 0 Å². The van der Waals surface area contributed by atoms with E-state index in [0.717, 1.165) is 30.8 Å². The van der Waals surface area contributed by atoms with Gasteiger partial charge in [-0.2, -0.15) is 0 Å². The van der Waals surface area contributed by atoms with Crippen molar-refractivity contribution < 1.29 is 4.79 Å². The normalized spacial score (nSPS) is 22.5. The van der Waals surface area contributed by atoms with Gasteiger partial charge in [0, 0.05) is 17.5 Å². The first kappa shape index (κ1) is 13.4. The highest BCUT2D eigenvalue weighted by atomic mass is 35.5. The van der Waals surface area contributed by atoms with Crippen LogP contribution in [0.15, 0.2) is 24.3 Å². The fourth-order valence-corrected chi connectivity index (χ4v) is 2.70. The summed E-state index contributed by atoms with van der Waals surface area (Å²) in [5.41, 5.74) is 6.35. The third-order valence-electron chi connectivity index (χ3n) is 3.52. The van der Waals surface area contributed by atoms with Gasteiger partial charge in [0.15, 0.2) is 0 Å². The van der Waals surface area contributed by atoms with Crippen molar-refractivity contribution in [2.45, 2.75) is 37.6 Å². The zero-order chi connectivity index (χ0) is 13.0. The lowest BCUT2D eigenvalue weighted by molar-refractivity contribution is -0.118. The lowest BCUT2D eigenvalue weighted by Crippen LogP contribution is -2.40. The molecule has 1 fully saturated rings. The van der Waals surface area contributed by atoms with Gasteiger partial charge in [-0.15, -0.1) is 0 Å². The summed E-state index contributed by atoms with van der Waals surface area (Å²) in [6.07, 6.45) is 3.54. The summed E-state index contributed by atoms with van der Waals surface area (Å²) in [6.45, 7) is 0.864. The monoisotopic (exact) mass is 266 g/mol. The zero-order valence-corrected chi connectivity index (χ0v) is 11.1. The molecule has 0 saturated heterocycles. The number of primary amides is 1. The average Bonchev–Trinajstić information content (AvgIpc) is 2.28. The van der Waals surface area contributed by atoms with Crippen LogP contribution in [0.25, 0.3) is 0 Å². The van der Waals surface area contributed by atoms with Crippen molar-refractivity contribution in [2.24, 2.45) is 5.73 Å². The summed E-state index contributed by atoms with van der Waals surface area (Å²) >= 11 is 6.17. The van der Waals surface area contributed by atoms with Gasteiger partial charge in [-0.05, 0) is 43.4 Å². The number of nitrogens with two attached hydrogens (primary N) is 1. The third kappa shape index (κ3) is 3.47. The number of amides is 1. The van der Waals surface area contributed by atoms with Crippen LogP contribution in [0.1, 0.15) is 37.2 Å². The van der Waals surface area contributed by atoms with Gasteiger partial charge >= 0.3 is 0 Å². The molecule has 1 saturated carbocycles. The van der Waals surface area contributed by atoms with Gasteiger partial charge in [0.2, 0.25) is 5.91 Å². The maximum Gasteiger partial charge on any atom is 0.217 e. The molecule has 3 nitrogen and oxygen atoms in total. The Bertz CT molecular complexity index is 416. The van der Waals surface area contributed by atoms with Gasteiger partial charge in [0.25, 0.3) is 0 Å². The van der Waals surface area contributed by atoms with Gasteiger partial charge < -0.3 is 11.1 Å². The van der Waals surface area contributed by atoms with Crippen molar-refractivity contribution in [3.63, 3.8) is 0 Å². The highest BCUT2D eigenvalue weighted by molar-refractivity contribution is 6.31. The van der Waals surface area contributed by atoms with E-state index >= 15 is 0 Å². The minimum Gasteiger partial charge on any atom is -0.370 e. The Hall–Kier alpha value is -1.06. The number of hydrogen-bond acceptors (Lipinski definition) is 2. The number of nitrogens with one attached hydrogen (secondary N) is 1. The van der Waals surface area contributed by atoms with Crippen LogP contribution in [0.5, 0.6) is 0 Å². The van der Waals surface area contributed by atoms with E-state index in [0.29, 0.717) is 18.4 Å². The maximum atomic E-state index is 10.6. The van der Waals surface area contributed by atoms with Crippen molar-refractivity contribution >= 4 is 17.5 Å². The molecular weight excluding hydrogens is 248 g/mol. The second-order valence-electron chi connectivity index (χ2n) is 4.91. The van der Waals surface area contributed by atoms with Crippen LogP contribution in [0, 0.1) is 0 Å². The van der Waals surface area contributed by atoms with Gasteiger partial charge in [-0.1, -0.05) is 29.8 Å². The molecule has 3 N–H and O–H groups in total. The number of benzene rings is 1. The molecule has 0 spiro atoms. The van der Waals surface area contributed by atoms with E-state index < -0.39 is 0 Å². The van der Waals surface area contributed by atoms with Crippen molar-refractivity contribution in [2.75, 3.05) is 6.54 Å². The quantitative estimate of drug-likeness (QED) is 0.777. The molecule has 1 aromatic carbocycles. The van der Waals surface area contributed by atoms with Crippen LogP contribution < -0.4 is 11.1 Å². The maximum absolute atomic E-state index is 10.6. The summed E-state index contributed by atoms with van der Waals surface area (Å²) in [4.78, 5) is 10.6. The first-order valence-corrected chi connectivity index (χ1v) is 6.80. The predicted molar refractivity (Wildman–Crippen MR) is 73.6 cm³/mol. The number of carbonyl (C=O) groups excluding carboxylic acids is 1. The summed E-state index contributed by atoms with van der Waals surface area (Å²) in [5.74, 6) is 0.353. The number of rotatable bonds is 6. The molecular formula is C14H19ClN2O. The molecule has 4 heteroatoms. The molecule has 0 unspecified atom stereocenters. The molecule has 0 aliphatic heterocycles. The fraction of sp³-hybridized carbons (Fsp3) is 0.500. The number of hydrogen-bond donors (Lipinski definition) is 2. The van der Waals surface area contributed by atoms with Crippen LogP contribution in [0.3, 0.4) is 0 Å². The Morgan fingerprint density at radius 2 is 2.11 bits per heavy atom. The van der Waals surface area contributed by atoms with Gasteiger partial charge in [-0.25, -0.2) is 0 Å². The molecule has 0 aromatic heterocycles. The van der Waals surface area contributed by atoms with E-state index in [1.165, 1.54) is 5.56 Å². The first-order chi connectivity index (χ1) is 8.66. The second kappa shape index (κ2) is 6.21. The lowest BCUT2D eigenvalue weighted by atomic mass is 9.76. The fourth-order valence-electron chi connectivity index (χ4n) is 2.41. The van der Waals surface area contributed by atoms with Crippen LogP contribution in [0.4, 0.5) is 0 Å². The molecule has 1 aliphatic carbocycles. The standard InChI is InChI=1S/C14H19ClN2O/c15-13-5-2-1-4-12(13)10-8-11(9-10)17-7-3-6-14(16)18/h1-2,4-5,10-11,17H,3,6-9H2,(H2,16,18). The van der Waals surface area contributed by atoms with E-state index in [4.69, 9.17) is 17.3 Å². The number of carbonyl (C=O) groups is 1. The molecule has 1 aromatic rings. The van der Waals surface area contributed by atoms with Crippen LogP contribution in [-0.2, 0) is 4.79 Å².